The second-order valence-electron chi connectivity index (χ2n) is 5.82. The molecular weight excluding hydrogens is 376 g/mol. The van der Waals surface area contributed by atoms with Gasteiger partial charge in [-0.15, -0.1) is 0 Å². The molecule has 0 fully saturated rings. The Morgan fingerprint density at radius 3 is 2.50 bits per heavy atom. The standard InChI is InChI=1S/C20H16N4O3S/c21-13-15-7-9-17(10-8-15)24-20(25)16-4-3-6-19(12-16)28(26,27)23-14-18-5-1-2-11-22-18/h1-12,23H,14H2,(H,24,25). The van der Waals surface area contributed by atoms with Crippen LogP contribution in [0.2, 0.25) is 0 Å². The summed E-state index contributed by atoms with van der Waals surface area (Å²) in [6, 6.07) is 19.3. The first-order valence-corrected chi connectivity index (χ1v) is 9.77. The number of hydrogen-bond donors (Lipinski definition) is 2. The van der Waals surface area contributed by atoms with Crippen LogP contribution in [0.25, 0.3) is 0 Å². The zero-order valence-corrected chi connectivity index (χ0v) is 15.5. The summed E-state index contributed by atoms with van der Waals surface area (Å²) in [6.45, 7) is 0.0465. The van der Waals surface area contributed by atoms with Crippen molar-refractivity contribution < 1.29 is 13.2 Å². The second kappa shape index (κ2) is 8.43. The van der Waals surface area contributed by atoms with Crippen molar-refractivity contribution in [1.29, 1.82) is 5.26 Å². The predicted molar refractivity (Wildman–Crippen MR) is 104 cm³/mol. The molecule has 3 rings (SSSR count). The van der Waals surface area contributed by atoms with Crippen molar-refractivity contribution in [2.75, 3.05) is 5.32 Å². The fraction of sp³-hybridized carbons (Fsp3) is 0.0500. The van der Waals surface area contributed by atoms with E-state index in [9.17, 15) is 13.2 Å². The van der Waals surface area contributed by atoms with Gasteiger partial charge in [-0.05, 0) is 54.6 Å². The molecule has 0 atom stereocenters. The molecule has 2 N–H and O–H groups in total. The maximum Gasteiger partial charge on any atom is 0.255 e. The minimum Gasteiger partial charge on any atom is -0.322 e. The molecule has 1 amide bonds. The third-order valence-corrected chi connectivity index (χ3v) is 5.25. The Labute approximate surface area is 162 Å². The predicted octanol–water partition coefficient (Wildman–Crippen LogP) is 2.68. The van der Waals surface area contributed by atoms with E-state index in [4.69, 9.17) is 5.26 Å². The van der Waals surface area contributed by atoms with Crippen molar-refractivity contribution in [1.82, 2.24) is 9.71 Å². The molecule has 1 aromatic heterocycles. The summed E-state index contributed by atoms with van der Waals surface area (Å²) in [5.74, 6) is -0.452. The van der Waals surface area contributed by atoms with E-state index >= 15 is 0 Å². The number of hydrogen-bond acceptors (Lipinski definition) is 5. The monoisotopic (exact) mass is 392 g/mol. The van der Waals surface area contributed by atoms with E-state index in [1.807, 2.05) is 6.07 Å². The Morgan fingerprint density at radius 1 is 1.04 bits per heavy atom. The van der Waals surface area contributed by atoms with Crippen LogP contribution >= 0.6 is 0 Å². The van der Waals surface area contributed by atoms with Crippen molar-refractivity contribution in [2.24, 2.45) is 0 Å². The van der Waals surface area contributed by atoms with Crippen molar-refractivity contribution in [2.45, 2.75) is 11.4 Å². The molecular formula is C20H16N4O3S. The molecule has 28 heavy (non-hydrogen) atoms. The average molecular weight is 392 g/mol. The first kappa shape index (κ1) is 19.2. The third kappa shape index (κ3) is 4.79. The molecule has 3 aromatic rings. The molecule has 0 aliphatic heterocycles. The number of nitrogens with one attached hydrogen (secondary N) is 2. The SMILES string of the molecule is N#Cc1ccc(NC(=O)c2cccc(S(=O)(=O)NCc3ccccn3)c2)cc1. The van der Waals surface area contributed by atoms with Crippen molar-refractivity contribution >= 4 is 21.6 Å². The highest BCUT2D eigenvalue weighted by atomic mass is 32.2. The minimum absolute atomic E-state index is 0.0177. The molecule has 2 aromatic carbocycles. The van der Waals surface area contributed by atoms with E-state index in [-0.39, 0.29) is 17.0 Å². The van der Waals surface area contributed by atoms with Gasteiger partial charge in [-0.25, -0.2) is 13.1 Å². The third-order valence-electron chi connectivity index (χ3n) is 3.85. The zero-order chi connectivity index (χ0) is 20.0. The zero-order valence-electron chi connectivity index (χ0n) is 14.7. The Hall–Kier alpha value is -3.54. The molecule has 0 aliphatic rings. The van der Waals surface area contributed by atoms with Gasteiger partial charge < -0.3 is 5.32 Å². The fourth-order valence-electron chi connectivity index (χ4n) is 2.39. The number of aromatic nitrogens is 1. The lowest BCUT2D eigenvalue weighted by Crippen LogP contribution is -2.24. The summed E-state index contributed by atoms with van der Waals surface area (Å²) >= 11 is 0. The largest absolute Gasteiger partial charge is 0.322 e. The summed E-state index contributed by atoms with van der Waals surface area (Å²) in [5, 5.41) is 11.5. The van der Waals surface area contributed by atoms with Gasteiger partial charge in [-0.2, -0.15) is 5.26 Å². The summed E-state index contributed by atoms with van der Waals surface area (Å²) in [7, 11) is -3.80. The van der Waals surface area contributed by atoms with E-state index < -0.39 is 15.9 Å². The topological polar surface area (TPSA) is 112 Å². The highest BCUT2D eigenvalue weighted by Crippen LogP contribution is 2.15. The lowest BCUT2D eigenvalue weighted by atomic mass is 10.2. The highest BCUT2D eigenvalue weighted by Gasteiger charge is 2.16. The van der Waals surface area contributed by atoms with E-state index in [2.05, 4.69) is 15.0 Å². The number of benzene rings is 2. The number of carbonyl (C=O) groups excluding carboxylic acids is 1. The number of carbonyl (C=O) groups is 1. The van der Waals surface area contributed by atoms with Gasteiger partial charge in [0.15, 0.2) is 0 Å². The van der Waals surface area contributed by atoms with Crippen molar-refractivity contribution in [3.8, 4) is 6.07 Å². The number of rotatable bonds is 6. The number of nitrogens with zero attached hydrogens (tertiary/aromatic N) is 2. The van der Waals surface area contributed by atoms with Gasteiger partial charge in [0, 0.05) is 17.4 Å². The summed E-state index contributed by atoms with van der Waals surface area (Å²) in [6.07, 6.45) is 1.58. The molecule has 8 heteroatoms. The van der Waals surface area contributed by atoms with Gasteiger partial charge in [-0.3, -0.25) is 9.78 Å². The highest BCUT2D eigenvalue weighted by molar-refractivity contribution is 7.89. The first-order chi connectivity index (χ1) is 13.5. The van der Waals surface area contributed by atoms with Crippen LogP contribution in [0.15, 0.2) is 77.8 Å². The molecule has 0 aliphatic carbocycles. The number of amides is 1. The number of pyridine rings is 1. The van der Waals surface area contributed by atoms with Gasteiger partial charge in [0.1, 0.15) is 0 Å². The maximum atomic E-state index is 12.5. The number of nitriles is 1. The quantitative estimate of drug-likeness (QED) is 0.670. The van der Waals surface area contributed by atoms with E-state index in [1.54, 1.807) is 48.7 Å². The summed E-state index contributed by atoms with van der Waals surface area (Å²) < 4.78 is 27.5. The molecule has 7 nitrogen and oxygen atoms in total. The second-order valence-corrected chi connectivity index (χ2v) is 7.58. The summed E-state index contributed by atoms with van der Waals surface area (Å²) in [5.41, 5.74) is 1.77. The van der Waals surface area contributed by atoms with Crippen molar-refractivity contribution in [3.63, 3.8) is 0 Å². The maximum absolute atomic E-state index is 12.5. The van der Waals surface area contributed by atoms with Crippen LogP contribution in [0.1, 0.15) is 21.6 Å². The van der Waals surface area contributed by atoms with Crippen LogP contribution in [0, 0.1) is 11.3 Å². The Kier molecular flexibility index (Phi) is 5.79. The van der Waals surface area contributed by atoms with E-state index in [0.717, 1.165) is 0 Å². The Morgan fingerprint density at radius 2 is 1.82 bits per heavy atom. The van der Waals surface area contributed by atoms with Crippen LogP contribution in [0.5, 0.6) is 0 Å². The smallest absolute Gasteiger partial charge is 0.255 e. The fourth-order valence-corrected chi connectivity index (χ4v) is 3.44. The molecule has 0 unspecified atom stereocenters. The molecule has 0 radical (unpaired) electrons. The van der Waals surface area contributed by atoms with Gasteiger partial charge in [-0.1, -0.05) is 12.1 Å². The Balaban J connectivity index is 1.73. The number of sulfonamides is 1. The van der Waals surface area contributed by atoms with Crippen molar-refractivity contribution in [3.05, 3.63) is 89.7 Å². The lowest BCUT2D eigenvalue weighted by Gasteiger charge is -2.09. The van der Waals surface area contributed by atoms with Gasteiger partial charge in [0.25, 0.3) is 5.91 Å². The molecule has 0 bridgehead atoms. The normalized spacial score (nSPS) is 10.8. The van der Waals surface area contributed by atoms with Crippen LogP contribution < -0.4 is 10.0 Å². The molecule has 0 saturated carbocycles. The van der Waals surface area contributed by atoms with Gasteiger partial charge in [0.05, 0.1) is 28.8 Å². The van der Waals surface area contributed by atoms with Gasteiger partial charge >= 0.3 is 0 Å². The van der Waals surface area contributed by atoms with Crippen LogP contribution in [-0.2, 0) is 16.6 Å². The average Bonchev–Trinajstić information content (AvgIpc) is 2.74. The minimum atomic E-state index is -3.80. The summed E-state index contributed by atoms with van der Waals surface area (Å²) in [4.78, 5) is 16.5. The number of anilines is 1. The van der Waals surface area contributed by atoms with Crippen LogP contribution in [-0.4, -0.2) is 19.3 Å². The molecule has 140 valence electrons. The Bertz CT molecular complexity index is 1120. The first-order valence-electron chi connectivity index (χ1n) is 8.29. The van der Waals surface area contributed by atoms with Crippen LogP contribution in [0.3, 0.4) is 0 Å². The molecule has 1 heterocycles. The lowest BCUT2D eigenvalue weighted by molar-refractivity contribution is 0.102. The van der Waals surface area contributed by atoms with Crippen LogP contribution in [0.4, 0.5) is 5.69 Å². The molecule has 0 saturated heterocycles. The van der Waals surface area contributed by atoms with E-state index in [0.29, 0.717) is 16.9 Å². The van der Waals surface area contributed by atoms with E-state index in [1.165, 1.54) is 24.3 Å². The van der Waals surface area contributed by atoms with Gasteiger partial charge in [0.2, 0.25) is 10.0 Å². The molecule has 0 spiro atoms.